The Morgan fingerprint density at radius 3 is 1.38 bits per heavy atom. The molecule has 0 saturated carbocycles. The minimum Gasteiger partial charge on any atom is -0.0861 e. The van der Waals surface area contributed by atoms with Crippen molar-refractivity contribution in [2.45, 2.75) is 40.2 Å². The van der Waals surface area contributed by atoms with Gasteiger partial charge in [0.2, 0.25) is 0 Å². The smallest absolute Gasteiger partial charge is 0.0861 e. The van der Waals surface area contributed by atoms with Gasteiger partial charge in [0.25, 0.3) is 0 Å². The molecule has 0 saturated heterocycles. The van der Waals surface area contributed by atoms with E-state index in [4.69, 9.17) is 0 Å². The van der Waals surface area contributed by atoms with Gasteiger partial charge in [0.15, 0.2) is 0 Å². The number of hydrogen-bond acceptors (Lipinski definition) is 0. The van der Waals surface area contributed by atoms with Crippen molar-refractivity contribution in [3.63, 3.8) is 0 Å². The topological polar surface area (TPSA) is 0 Å². The lowest BCUT2D eigenvalue weighted by molar-refractivity contribution is 0.614. The lowest BCUT2D eigenvalue weighted by atomic mass is 9.43. The van der Waals surface area contributed by atoms with Crippen LogP contribution in [0.1, 0.15) is 20.8 Å². The highest BCUT2D eigenvalue weighted by Crippen LogP contribution is 2.19. The second-order valence-corrected chi connectivity index (χ2v) is 3.35. The molecule has 0 aromatic rings. The summed E-state index contributed by atoms with van der Waals surface area (Å²) in [7, 11) is 0. The first-order valence-corrected chi connectivity index (χ1v) is 3.55. The molecule has 1 heteroatoms. The van der Waals surface area contributed by atoms with Crippen LogP contribution in [0.5, 0.6) is 0 Å². The van der Waals surface area contributed by atoms with Gasteiger partial charge in [-0.1, -0.05) is 46.2 Å². The highest BCUT2D eigenvalue weighted by Gasteiger charge is 2.12. The summed E-state index contributed by atoms with van der Waals surface area (Å²) in [5.74, 6) is 1.71. The Kier molecular flexibility index (Phi) is 3.19. The second kappa shape index (κ2) is 3.16. The van der Waals surface area contributed by atoms with Gasteiger partial charge in [-0.25, -0.2) is 0 Å². The average Bonchev–Trinajstić information content (AvgIpc) is 1.64. The third-order valence-corrected chi connectivity index (χ3v) is 2.10. The van der Waals surface area contributed by atoms with E-state index in [2.05, 4.69) is 34.4 Å². The van der Waals surface area contributed by atoms with E-state index < -0.39 is 0 Å². The molecule has 0 nitrogen and oxygen atoms in total. The first-order chi connectivity index (χ1) is 3.55. The maximum atomic E-state index is 2.31. The summed E-state index contributed by atoms with van der Waals surface area (Å²) in [6.07, 6.45) is 0. The molecule has 0 rings (SSSR count). The molecule has 0 fully saturated rings. The normalized spacial score (nSPS) is 14.2. The maximum absolute atomic E-state index is 2.31. The van der Waals surface area contributed by atoms with Crippen LogP contribution in [0.4, 0.5) is 0 Å². The molecule has 0 aliphatic rings. The lowest BCUT2D eigenvalue weighted by Gasteiger charge is -2.16. The molecule has 0 aliphatic carbocycles. The molecule has 0 aromatic heterocycles. The first-order valence-electron chi connectivity index (χ1n) is 3.55. The van der Waals surface area contributed by atoms with Crippen molar-refractivity contribution in [2.24, 2.45) is 5.92 Å². The molecule has 0 aliphatic heterocycles. The summed E-state index contributed by atoms with van der Waals surface area (Å²) in [5, 5.41) is 0. The van der Waals surface area contributed by atoms with E-state index in [1.807, 2.05) is 0 Å². The molecule has 0 bridgehead atoms. The zero-order valence-corrected chi connectivity index (χ0v) is 6.73. The van der Waals surface area contributed by atoms with Crippen LogP contribution in [0.3, 0.4) is 0 Å². The molecule has 0 spiro atoms. The molecule has 1 atom stereocenters. The van der Waals surface area contributed by atoms with E-state index >= 15 is 0 Å². The zero-order valence-electron chi connectivity index (χ0n) is 6.73. The van der Waals surface area contributed by atoms with Gasteiger partial charge in [-0.3, -0.25) is 0 Å². The Morgan fingerprint density at radius 2 is 1.38 bits per heavy atom. The highest BCUT2D eigenvalue weighted by molar-refractivity contribution is 6.57. The van der Waals surface area contributed by atoms with Crippen molar-refractivity contribution in [2.75, 3.05) is 0 Å². The second-order valence-electron chi connectivity index (χ2n) is 3.35. The molecule has 0 radical (unpaired) electrons. The van der Waals surface area contributed by atoms with Gasteiger partial charge in [-0.2, -0.15) is 0 Å². The van der Waals surface area contributed by atoms with E-state index in [1.54, 1.807) is 0 Å². The fraction of sp³-hybridized carbons (Fsp3) is 1.00. The predicted octanol–water partition coefficient (Wildman–Crippen LogP) is 2.79. The van der Waals surface area contributed by atoms with Gasteiger partial charge >= 0.3 is 0 Å². The maximum Gasteiger partial charge on any atom is 0.136 e. The van der Waals surface area contributed by atoms with Crippen LogP contribution in [-0.2, 0) is 0 Å². The van der Waals surface area contributed by atoms with E-state index in [-0.39, 0.29) is 0 Å². The zero-order chi connectivity index (χ0) is 6.73. The fourth-order valence-electron chi connectivity index (χ4n) is 0.770. The molecule has 48 valence electrons. The summed E-state index contributed by atoms with van der Waals surface area (Å²) < 4.78 is 0. The van der Waals surface area contributed by atoms with Crippen molar-refractivity contribution in [1.82, 2.24) is 0 Å². The summed E-state index contributed by atoms with van der Waals surface area (Å²) >= 11 is 0. The molecular formula is C7H17B. The summed E-state index contributed by atoms with van der Waals surface area (Å²) in [6.45, 7) is 12.3. The lowest BCUT2D eigenvalue weighted by Crippen LogP contribution is -2.13. The van der Waals surface area contributed by atoms with Crippen LogP contribution < -0.4 is 0 Å². The van der Waals surface area contributed by atoms with Crippen molar-refractivity contribution in [3.8, 4) is 0 Å². The Bertz CT molecular complexity index is 49.4. The van der Waals surface area contributed by atoms with Crippen molar-refractivity contribution >= 4 is 6.71 Å². The van der Waals surface area contributed by atoms with Gasteiger partial charge in [0.1, 0.15) is 6.71 Å². The van der Waals surface area contributed by atoms with Gasteiger partial charge in [0.05, 0.1) is 0 Å². The third-order valence-electron chi connectivity index (χ3n) is 2.10. The van der Waals surface area contributed by atoms with Gasteiger partial charge in [-0.15, -0.1) is 0 Å². The van der Waals surface area contributed by atoms with E-state index in [0.717, 1.165) is 18.4 Å². The minimum atomic E-state index is 0.843. The van der Waals surface area contributed by atoms with Crippen molar-refractivity contribution in [3.05, 3.63) is 0 Å². The molecule has 0 amide bonds. The van der Waals surface area contributed by atoms with Crippen LogP contribution in [0.25, 0.3) is 0 Å². The Hall–Kier alpha value is 0.0649. The summed E-state index contributed by atoms with van der Waals surface area (Å²) in [5.41, 5.74) is 0. The first kappa shape index (κ1) is 8.06. The highest BCUT2D eigenvalue weighted by atomic mass is 14.0. The summed E-state index contributed by atoms with van der Waals surface area (Å²) in [4.78, 5) is 0. The minimum absolute atomic E-state index is 0.843. The fourth-order valence-corrected chi connectivity index (χ4v) is 0.770. The van der Waals surface area contributed by atoms with Gasteiger partial charge in [0, 0.05) is 0 Å². The largest absolute Gasteiger partial charge is 0.136 e. The number of hydrogen-bond donors (Lipinski definition) is 0. The standard InChI is InChI=1S/C7H17B/c1-6(2)7(3)8(4)5/h6-7H,1-5H3. The van der Waals surface area contributed by atoms with Gasteiger partial charge in [-0.05, 0) is 0 Å². The van der Waals surface area contributed by atoms with Crippen molar-refractivity contribution in [1.29, 1.82) is 0 Å². The van der Waals surface area contributed by atoms with Crippen molar-refractivity contribution < 1.29 is 0 Å². The van der Waals surface area contributed by atoms with E-state index in [0.29, 0.717) is 0 Å². The summed E-state index contributed by atoms with van der Waals surface area (Å²) in [6, 6.07) is 0. The molecule has 0 heterocycles. The quantitative estimate of drug-likeness (QED) is 0.482. The predicted molar refractivity (Wildman–Crippen MR) is 41.7 cm³/mol. The van der Waals surface area contributed by atoms with Crippen LogP contribution in [0.2, 0.25) is 19.5 Å². The van der Waals surface area contributed by atoms with Crippen LogP contribution in [-0.4, -0.2) is 6.71 Å². The molecular weight excluding hydrogens is 94.9 g/mol. The monoisotopic (exact) mass is 112 g/mol. The van der Waals surface area contributed by atoms with E-state index in [1.165, 1.54) is 0 Å². The number of rotatable bonds is 2. The molecule has 0 aromatic carbocycles. The van der Waals surface area contributed by atoms with Crippen LogP contribution in [0, 0.1) is 5.92 Å². The van der Waals surface area contributed by atoms with Gasteiger partial charge < -0.3 is 0 Å². The molecule has 8 heavy (non-hydrogen) atoms. The molecule has 0 N–H and O–H groups in total. The van der Waals surface area contributed by atoms with Crippen LogP contribution >= 0.6 is 0 Å². The molecule has 1 unspecified atom stereocenters. The van der Waals surface area contributed by atoms with E-state index in [9.17, 15) is 0 Å². The average molecular weight is 112 g/mol. The Morgan fingerprint density at radius 1 is 1.00 bits per heavy atom. The van der Waals surface area contributed by atoms with Crippen LogP contribution in [0.15, 0.2) is 0 Å². The SMILES string of the molecule is CB(C)C(C)C(C)C. The third kappa shape index (κ3) is 2.39. The Balaban J connectivity index is 3.46. The Labute approximate surface area is 53.8 Å².